The number of hydrogen-bond donors (Lipinski definition) is 0. The van der Waals surface area contributed by atoms with Gasteiger partial charge in [0.05, 0.1) is 7.11 Å². The standard InChI is InChI=1S/C12H10Cl2N2O2/c1-7-3-4-8(9(5-7)17-2)18-10-11(13)15-6-16-12(10)14/h3-6H,1-2H3. The van der Waals surface area contributed by atoms with E-state index in [-0.39, 0.29) is 16.1 Å². The Balaban J connectivity index is 2.40. The molecule has 1 aromatic carbocycles. The Morgan fingerprint density at radius 1 is 1.06 bits per heavy atom. The molecule has 18 heavy (non-hydrogen) atoms. The molecule has 0 N–H and O–H groups in total. The highest BCUT2D eigenvalue weighted by Crippen LogP contribution is 2.37. The molecule has 94 valence electrons. The molecule has 0 aliphatic carbocycles. The van der Waals surface area contributed by atoms with Crippen LogP contribution in [0.15, 0.2) is 24.5 Å². The predicted molar refractivity (Wildman–Crippen MR) is 69.9 cm³/mol. The van der Waals surface area contributed by atoms with E-state index in [4.69, 9.17) is 32.7 Å². The number of hydrogen-bond acceptors (Lipinski definition) is 4. The van der Waals surface area contributed by atoms with Crippen LogP contribution in [0.3, 0.4) is 0 Å². The zero-order valence-corrected chi connectivity index (χ0v) is 11.3. The van der Waals surface area contributed by atoms with Gasteiger partial charge in [0.2, 0.25) is 5.75 Å². The number of benzene rings is 1. The van der Waals surface area contributed by atoms with Crippen LogP contribution in [0.2, 0.25) is 10.3 Å². The molecule has 4 nitrogen and oxygen atoms in total. The highest BCUT2D eigenvalue weighted by atomic mass is 35.5. The lowest BCUT2D eigenvalue weighted by Crippen LogP contribution is -1.94. The van der Waals surface area contributed by atoms with Crippen molar-refractivity contribution in [2.45, 2.75) is 6.92 Å². The topological polar surface area (TPSA) is 44.2 Å². The SMILES string of the molecule is COc1cc(C)ccc1Oc1c(Cl)ncnc1Cl. The number of methoxy groups -OCH3 is 1. The van der Waals surface area contributed by atoms with Gasteiger partial charge in [-0.25, -0.2) is 9.97 Å². The Labute approximate surface area is 114 Å². The molecule has 0 amide bonds. The quantitative estimate of drug-likeness (QED) is 0.802. The van der Waals surface area contributed by atoms with E-state index in [1.165, 1.54) is 6.33 Å². The van der Waals surface area contributed by atoms with E-state index in [1.54, 1.807) is 13.2 Å². The second-order valence-electron chi connectivity index (χ2n) is 3.54. The summed E-state index contributed by atoms with van der Waals surface area (Å²) in [5, 5.41) is 0.301. The number of rotatable bonds is 3. The molecule has 0 unspecified atom stereocenters. The second-order valence-corrected chi connectivity index (χ2v) is 4.26. The summed E-state index contributed by atoms with van der Waals surface area (Å²) in [7, 11) is 1.56. The molecule has 0 radical (unpaired) electrons. The molecule has 1 aromatic heterocycles. The van der Waals surface area contributed by atoms with Crippen molar-refractivity contribution >= 4 is 23.2 Å². The van der Waals surface area contributed by atoms with Crippen molar-refractivity contribution in [1.29, 1.82) is 0 Å². The van der Waals surface area contributed by atoms with E-state index in [0.29, 0.717) is 11.5 Å². The smallest absolute Gasteiger partial charge is 0.202 e. The first-order valence-corrected chi connectivity index (χ1v) is 5.86. The normalized spacial score (nSPS) is 10.2. The van der Waals surface area contributed by atoms with Gasteiger partial charge in [0.15, 0.2) is 21.8 Å². The first-order valence-electron chi connectivity index (χ1n) is 5.10. The third kappa shape index (κ3) is 2.66. The zero-order chi connectivity index (χ0) is 13.1. The fourth-order valence-corrected chi connectivity index (χ4v) is 1.78. The van der Waals surface area contributed by atoms with Crippen molar-refractivity contribution in [2.75, 3.05) is 7.11 Å². The van der Waals surface area contributed by atoms with Crippen molar-refractivity contribution in [3.05, 3.63) is 40.4 Å². The van der Waals surface area contributed by atoms with Crippen molar-refractivity contribution in [2.24, 2.45) is 0 Å². The summed E-state index contributed by atoms with van der Waals surface area (Å²) in [6, 6.07) is 5.51. The minimum Gasteiger partial charge on any atom is -0.493 e. The van der Waals surface area contributed by atoms with Crippen molar-refractivity contribution < 1.29 is 9.47 Å². The Kier molecular flexibility index (Phi) is 3.89. The average Bonchev–Trinajstić information content (AvgIpc) is 2.35. The molecule has 0 aliphatic heterocycles. The zero-order valence-electron chi connectivity index (χ0n) is 9.78. The molecule has 6 heteroatoms. The van der Waals surface area contributed by atoms with E-state index in [9.17, 15) is 0 Å². The highest BCUT2D eigenvalue weighted by molar-refractivity contribution is 6.35. The summed E-state index contributed by atoms with van der Waals surface area (Å²) in [5.41, 5.74) is 1.06. The molecule has 0 spiro atoms. The Morgan fingerprint density at radius 2 is 1.72 bits per heavy atom. The molecular formula is C12H10Cl2N2O2. The maximum atomic E-state index is 5.90. The van der Waals surface area contributed by atoms with E-state index in [1.807, 2.05) is 19.1 Å². The lowest BCUT2D eigenvalue weighted by atomic mass is 10.2. The fraction of sp³-hybridized carbons (Fsp3) is 0.167. The molecule has 0 saturated carbocycles. The molecule has 0 saturated heterocycles. The van der Waals surface area contributed by atoms with Crippen LogP contribution >= 0.6 is 23.2 Å². The van der Waals surface area contributed by atoms with Crippen LogP contribution in [0.4, 0.5) is 0 Å². The van der Waals surface area contributed by atoms with Gasteiger partial charge in [-0.1, -0.05) is 29.3 Å². The van der Waals surface area contributed by atoms with Crippen LogP contribution in [0.5, 0.6) is 17.2 Å². The molecular weight excluding hydrogens is 275 g/mol. The molecule has 1 heterocycles. The molecule has 0 aliphatic rings. The molecule has 2 aromatic rings. The van der Waals surface area contributed by atoms with Gasteiger partial charge in [-0.05, 0) is 24.6 Å². The summed E-state index contributed by atoms with van der Waals surface area (Å²) in [4.78, 5) is 7.63. The summed E-state index contributed by atoms with van der Waals surface area (Å²) in [6.07, 6.45) is 1.27. The van der Waals surface area contributed by atoms with Crippen LogP contribution in [0.1, 0.15) is 5.56 Å². The monoisotopic (exact) mass is 284 g/mol. The van der Waals surface area contributed by atoms with Gasteiger partial charge in [0, 0.05) is 0 Å². The average molecular weight is 285 g/mol. The van der Waals surface area contributed by atoms with Gasteiger partial charge in [0.1, 0.15) is 6.33 Å². The van der Waals surface area contributed by atoms with Gasteiger partial charge in [-0.3, -0.25) is 0 Å². The lowest BCUT2D eigenvalue weighted by Gasteiger charge is -2.11. The van der Waals surface area contributed by atoms with Crippen LogP contribution < -0.4 is 9.47 Å². The Bertz CT molecular complexity index is 556. The van der Waals surface area contributed by atoms with E-state index >= 15 is 0 Å². The number of halogens is 2. The minimum absolute atomic E-state index is 0.151. The summed E-state index contributed by atoms with van der Waals surface area (Å²) < 4.78 is 10.8. The third-order valence-electron chi connectivity index (χ3n) is 2.25. The number of ether oxygens (including phenoxy) is 2. The summed E-state index contributed by atoms with van der Waals surface area (Å²) in [6.45, 7) is 1.96. The van der Waals surface area contributed by atoms with Gasteiger partial charge >= 0.3 is 0 Å². The largest absolute Gasteiger partial charge is 0.493 e. The van der Waals surface area contributed by atoms with Crippen molar-refractivity contribution in [3.8, 4) is 17.2 Å². The van der Waals surface area contributed by atoms with Crippen LogP contribution in [-0.4, -0.2) is 17.1 Å². The number of aromatic nitrogens is 2. The van der Waals surface area contributed by atoms with Crippen LogP contribution in [0.25, 0.3) is 0 Å². The Morgan fingerprint density at radius 3 is 2.33 bits per heavy atom. The minimum atomic E-state index is 0.151. The van der Waals surface area contributed by atoms with Crippen LogP contribution in [0, 0.1) is 6.92 Å². The van der Waals surface area contributed by atoms with E-state index < -0.39 is 0 Å². The van der Waals surface area contributed by atoms with Crippen molar-refractivity contribution in [1.82, 2.24) is 9.97 Å². The van der Waals surface area contributed by atoms with E-state index in [0.717, 1.165) is 5.56 Å². The molecule has 0 atom stereocenters. The second kappa shape index (κ2) is 5.42. The molecule has 0 bridgehead atoms. The third-order valence-corrected chi connectivity index (χ3v) is 2.79. The Hall–Kier alpha value is -1.52. The van der Waals surface area contributed by atoms with Gasteiger partial charge < -0.3 is 9.47 Å². The van der Waals surface area contributed by atoms with E-state index in [2.05, 4.69) is 9.97 Å². The fourth-order valence-electron chi connectivity index (χ4n) is 1.39. The maximum absolute atomic E-state index is 5.90. The maximum Gasteiger partial charge on any atom is 0.202 e. The number of nitrogens with zero attached hydrogens (tertiary/aromatic N) is 2. The van der Waals surface area contributed by atoms with Crippen LogP contribution in [-0.2, 0) is 0 Å². The predicted octanol–water partition coefficient (Wildman–Crippen LogP) is 3.89. The summed E-state index contributed by atoms with van der Waals surface area (Å²) >= 11 is 11.8. The number of aryl methyl sites for hydroxylation is 1. The van der Waals surface area contributed by atoms with Crippen molar-refractivity contribution in [3.63, 3.8) is 0 Å². The van der Waals surface area contributed by atoms with Gasteiger partial charge in [-0.15, -0.1) is 0 Å². The highest BCUT2D eigenvalue weighted by Gasteiger charge is 2.13. The molecule has 2 rings (SSSR count). The molecule has 0 fully saturated rings. The summed E-state index contributed by atoms with van der Waals surface area (Å²) in [5.74, 6) is 1.30. The first-order chi connectivity index (χ1) is 8.61. The van der Waals surface area contributed by atoms with Gasteiger partial charge in [0.25, 0.3) is 0 Å². The first kappa shape index (κ1) is 12.9. The van der Waals surface area contributed by atoms with Gasteiger partial charge in [-0.2, -0.15) is 0 Å². The lowest BCUT2D eigenvalue weighted by molar-refractivity contribution is 0.377.